The summed E-state index contributed by atoms with van der Waals surface area (Å²) >= 11 is 7.79. The van der Waals surface area contributed by atoms with E-state index < -0.39 is 0 Å². The lowest BCUT2D eigenvalue weighted by molar-refractivity contribution is 1.21. The highest BCUT2D eigenvalue weighted by Gasteiger charge is 2.14. The maximum absolute atomic E-state index is 6.15. The van der Waals surface area contributed by atoms with Crippen LogP contribution in [-0.2, 0) is 0 Å². The average Bonchev–Trinajstić information content (AvgIpc) is 2.79. The number of nitrogens with one attached hydrogen (secondary N) is 1. The fourth-order valence-electron chi connectivity index (χ4n) is 2.21. The van der Waals surface area contributed by atoms with Crippen molar-refractivity contribution in [1.82, 2.24) is 9.97 Å². The lowest BCUT2D eigenvalue weighted by atomic mass is 10.1. The zero-order valence-electron chi connectivity index (χ0n) is 11.3. The normalized spacial score (nSPS) is 10.9. The predicted molar refractivity (Wildman–Crippen MR) is 86.8 cm³/mol. The van der Waals surface area contributed by atoms with Crippen molar-refractivity contribution in [3.05, 3.63) is 41.3 Å². The summed E-state index contributed by atoms with van der Waals surface area (Å²) in [6.45, 7) is 5.09. The van der Waals surface area contributed by atoms with Gasteiger partial charge in [-0.3, -0.25) is 0 Å². The molecule has 0 saturated carbocycles. The van der Waals surface area contributed by atoms with Crippen LogP contribution in [0, 0.1) is 6.92 Å². The molecule has 0 amide bonds. The third-order valence-corrected chi connectivity index (χ3v) is 4.92. The summed E-state index contributed by atoms with van der Waals surface area (Å²) in [7, 11) is 0. The smallest absolute Gasteiger partial charge is 0.150 e. The van der Waals surface area contributed by atoms with Crippen LogP contribution in [0.2, 0.25) is 5.15 Å². The predicted octanol–water partition coefficient (Wildman–Crippen LogP) is 4.75. The number of benzene rings is 1. The number of fused-ring (bicyclic) bond motifs is 1. The van der Waals surface area contributed by atoms with Gasteiger partial charge in [-0.15, -0.1) is 11.3 Å². The second-order valence-corrected chi connectivity index (χ2v) is 5.88. The minimum Gasteiger partial charge on any atom is -0.385 e. The summed E-state index contributed by atoms with van der Waals surface area (Å²) in [4.78, 5) is 9.59. The standard InChI is InChI=1S/C15H14ClN3S/c1-3-17-11-6-4-10(5-7-11)13-9(2)12-14(20-13)15(16)19-8-18-12/h4-8,17H,3H2,1-2H3. The van der Waals surface area contributed by atoms with Gasteiger partial charge in [-0.05, 0) is 37.1 Å². The zero-order valence-corrected chi connectivity index (χ0v) is 12.8. The van der Waals surface area contributed by atoms with Gasteiger partial charge in [0.25, 0.3) is 0 Å². The number of thiophene rings is 1. The number of hydrogen-bond acceptors (Lipinski definition) is 4. The van der Waals surface area contributed by atoms with Crippen molar-refractivity contribution in [2.45, 2.75) is 13.8 Å². The average molecular weight is 304 g/mol. The molecule has 3 nitrogen and oxygen atoms in total. The van der Waals surface area contributed by atoms with Crippen LogP contribution < -0.4 is 5.32 Å². The molecule has 0 spiro atoms. The first-order valence-corrected chi connectivity index (χ1v) is 7.64. The summed E-state index contributed by atoms with van der Waals surface area (Å²) in [5.41, 5.74) is 4.42. The number of halogens is 1. The van der Waals surface area contributed by atoms with Gasteiger partial charge in [0, 0.05) is 17.1 Å². The van der Waals surface area contributed by atoms with Gasteiger partial charge in [-0.2, -0.15) is 0 Å². The quantitative estimate of drug-likeness (QED) is 0.709. The Kier molecular flexibility index (Phi) is 3.59. The Bertz CT molecular complexity index is 750. The number of aryl methyl sites for hydroxylation is 1. The molecule has 0 bridgehead atoms. The van der Waals surface area contributed by atoms with E-state index in [1.165, 1.54) is 16.8 Å². The van der Waals surface area contributed by atoms with Crippen LogP contribution in [0.4, 0.5) is 5.69 Å². The Morgan fingerprint density at radius 2 is 1.95 bits per heavy atom. The molecule has 1 N–H and O–H groups in total. The SMILES string of the molecule is CCNc1ccc(-c2sc3c(Cl)ncnc3c2C)cc1. The minimum absolute atomic E-state index is 0.526. The molecule has 102 valence electrons. The van der Waals surface area contributed by atoms with E-state index in [1.807, 2.05) is 0 Å². The molecule has 3 aromatic rings. The molecule has 1 aromatic carbocycles. The molecule has 0 saturated heterocycles. The van der Waals surface area contributed by atoms with Crippen LogP contribution in [0.3, 0.4) is 0 Å². The molecule has 0 radical (unpaired) electrons. The van der Waals surface area contributed by atoms with E-state index in [0.29, 0.717) is 5.15 Å². The van der Waals surface area contributed by atoms with E-state index in [2.05, 4.69) is 53.4 Å². The van der Waals surface area contributed by atoms with Gasteiger partial charge >= 0.3 is 0 Å². The lowest BCUT2D eigenvalue weighted by Gasteiger charge is -2.04. The number of nitrogens with zero attached hydrogens (tertiary/aromatic N) is 2. The van der Waals surface area contributed by atoms with Crippen molar-refractivity contribution >= 4 is 38.8 Å². The van der Waals surface area contributed by atoms with Crippen molar-refractivity contribution in [2.75, 3.05) is 11.9 Å². The van der Waals surface area contributed by atoms with Crippen LogP contribution in [0.5, 0.6) is 0 Å². The summed E-state index contributed by atoms with van der Waals surface area (Å²) in [5.74, 6) is 0. The van der Waals surface area contributed by atoms with E-state index in [9.17, 15) is 0 Å². The van der Waals surface area contributed by atoms with E-state index in [0.717, 1.165) is 28.0 Å². The van der Waals surface area contributed by atoms with Crippen molar-refractivity contribution < 1.29 is 0 Å². The van der Waals surface area contributed by atoms with Gasteiger partial charge in [0.15, 0.2) is 0 Å². The summed E-state index contributed by atoms with van der Waals surface area (Å²) in [6, 6.07) is 8.43. The summed E-state index contributed by atoms with van der Waals surface area (Å²) in [6.07, 6.45) is 1.52. The van der Waals surface area contributed by atoms with Crippen LogP contribution in [0.25, 0.3) is 20.7 Å². The third-order valence-electron chi connectivity index (χ3n) is 3.19. The van der Waals surface area contributed by atoms with E-state index >= 15 is 0 Å². The molecule has 0 aliphatic rings. The molecular formula is C15H14ClN3S. The van der Waals surface area contributed by atoms with Gasteiger partial charge in [0.2, 0.25) is 0 Å². The van der Waals surface area contributed by atoms with Crippen molar-refractivity contribution in [1.29, 1.82) is 0 Å². The van der Waals surface area contributed by atoms with Gasteiger partial charge < -0.3 is 5.32 Å². The van der Waals surface area contributed by atoms with Gasteiger partial charge in [0.05, 0.1) is 10.2 Å². The number of aromatic nitrogens is 2. The lowest BCUT2D eigenvalue weighted by Crippen LogP contribution is -1.95. The molecule has 0 atom stereocenters. The fraction of sp³-hybridized carbons (Fsp3) is 0.200. The molecule has 0 fully saturated rings. The maximum atomic E-state index is 6.15. The number of hydrogen-bond donors (Lipinski definition) is 1. The number of anilines is 1. The Morgan fingerprint density at radius 1 is 1.20 bits per heavy atom. The Hall–Kier alpha value is -1.65. The van der Waals surface area contributed by atoms with Crippen LogP contribution in [-0.4, -0.2) is 16.5 Å². The molecule has 0 unspecified atom stereocenters. The molecule has 2 heterocycles. The highest BCUT2D eigenvalue weighted by Crippen LogP contribution is 2.39. The molecule has 2 aromatic heterocycles. The second kappa shape index (κ2) is 5.38. The first-order valence-electron chi connectivity index (χ1n) is 6.44. The van der Waals surface area contributed by atoms with Crippen molar-refractivity contribution in [2.24, 2.45) is 0 Å². The highest BCUT2D eigenvalue weighted by molar-refractivity contribution is 7.23. The maximum Gasteiger partial charge on any atom is 0.150 e. The van der Waals surface area contributed by atoms with E-state index in [-0.39, 0.29) is 0 Å². The fourth-order valence-corrected chi connectivity index (χ4v) is 3.61. The van der Waals surface area contributed by atoms with Gasteiger partial charge in [-0.25, -0.2) is 9.97 Å². The number of rotatable bonds is 3. The zero-order chi connectivity index (χ0) is 14.1. The van der Waals surface area contributed by atoms with Crippen LogP contribution >= 0.6 is 22.9 Å². The van der Waals surface area contributed by atoms with Crippen LogP contribution in [0.1, 0.15) is 12.5 Å². The van der Waals surface area contributed by atoms with Crippen molar-refractivity contribution in [3.63, 3.8) is 0 Å². The Morgan fingerprint density at radius 3 is 2.60 bits per heavy atom. The minimum atomic E-state index is 0.526. The first kappa shape index (κ1) is 13.3. The first-order chi connectivity index (χ1) is 9.70. The van der Waals surface area contributed by atoms with Crippen LogP contribution in [0.15, 0.2) is 30.6 Å². The molecule has 0 aliphatic heterocycles. The Labute approximate surface area is 126 Å². The molecule has 5 heteroatoms. The monoisotopic (exact) mass is 303 g/mol. The summed E-state index contributed by atoms with van der Waals surface area (Å²) < 4.78 is 0.956. The van der Waals surface area contributed by atoms with E-state index in [4.69, 9.17) is 11.6 Å². The Balaban J connectivity index is 2.10. The third kappa shape index (κ3) is 2.25. The topological polar surface area (TPSA) is 37.8 Å². The van der Waals surface area contributed by atoms with Gasteiger partial charge in [-0.1, -0.05) is 23.7 Å². The largest absolute Gasteiger partial charge is 0.385 e. The highest BCUT2D eigenvalue weighted by atomic mass is 35.5. The molecule has 0 aliphatic carbocycles. The summed E-state index contributed by atoms with van der Waals surface area (Å²) in [5, 5.41) is 3.82. The molecule has 3 rings (SSSR count). The van der Waals surface area contributed by atoms with Crippen molar-refractivity contribution in [3.8, 4) is 10.4 Å². The van der Waals surface area contributed by atoms with Gasteiger partial charge in [0.1, 0.15) is 11.5 Å². The second-order valence-electron chi connectivity index (χ2n) is 4.51. The molecule has 20 heavy (non-hydrogen) atoms. The van der Waals surface area contributed by atoms with E-state index in [1.54, 1.807) is 11.3 Å². The molecular weight excluding hydrogens is 290 g/mol.